The number of hydrogen-bond acceptors (Lipinski definition) is 2. The first kappa shape index (κ1) is 12.3. The van der Waals surface area contributed by atoms with E-state index in [-0.39, 0.29) is 5.41 Å². The Morgan fingerprint density at radius 3 is 2.18 bits per heavy atom. The largest absolute Gasteiger partial charge is 0.329 e. The minimum atomic E-state index is -0.177. The number of nitrogens with two attached hydrogens (primary N) is 1. The average molecular weight is 231 g/mol. The second-order valence-corrected chi connectivity index (χ2v) is 5.46. The number of aryl methyl sites for hydroxylation is 3. The van der Waals surface area contributed by atoms with Crippen LogP contribution in [0.1, 0.15) is 35.1 Å². The van der Waals surface area contributed by atoms with Crippen LogP contribution in [0.4, 0.5) is 0 Å². The molecule has 0 amide bonds. The van der Waals surface area contributed by atoms with Crippen LogP contribution in [0.3, 0.4) is 0 Å². The number of rotatable bonds is 4. The molecule has 0 atom stereocenters. The predicted octanol–water partition coefficient (Wildman–Crippen LogP) is 2.46. The third-order valence-electron chi connectivity index (χ3n) is 4.01. The maximum atomic E-state index is 12.2. The van der Waals surface area contributed by atoms with E-state index in [0.717, 1.165) is 12.8 Å². The van der Waals surface area contributed by atoms with Gasteiger partial charge in [0.15, 0.2) is 0 Å². The lowest BCUT2D eigenvalue weighted by Crippen LogP contribution is -2.27. The molecule has 2 N–H and O–H groups in total. The summed E-state index contributed by atoms with van der Waals surface area (Å²) in [6, 6.07) is 4.30. The Balaban J connectivity index is 2.22. The lowest BCUT2D eigenvalue weighted by Gasteiger charge is -2.15. The van der Waals surface area contributed by atoms with Gasteiger partial charge in [0.25, 0.3) is 0 Å². The minimum absolute atomic E-state index is 0.177. The molecule has 17 heavy (non-hydrogen) atoms. The van der Waals surface area contributed by atoms with Gasteiger partial charge >= 0.3 is 0 Å². The van der Waals surface area contributed by atoms with E-state index < -0.39 is 0 Å². The van der Waals surface area contributed by atoms with Crippen LogP contribution >= 0.6 is 0 Å². The molecule has 1 saturated carbocycles. The SMILES string of the molecule is Cc1cc(C)c(CC(=O)C2(CN)CC2)c(C)c1. The molecule has 0 radical (unpaired) electrons. The van der Waals surface area contributed by atoms with E-state index in [1.165, 1.54) is 22.3 Å². The lowest BCUT2D eigenvalue weighted by atomic mass is 9.90. The van der Waals surface area contributed by atoms with Crippen LogP contribution in [0.15, 0.2) is 12.1 Å². The van der Waals surface area contributed by atoms with E-state index in [1.807, 2.05) is 0 Å². The summed E-state index contributed by atoms with van der Waals surface area (Å²) >= 11 is 0. The highest BCUT2D eigenvalue weighted by atomic mass is 16.1. The van der Waals surface area contributed by atoms with Gasteiger partial charge in [0.1, 0.15) is 5.78 Å². The number of benzene rings is 1. The van der Waals surface area contributed by atoms with Crippen molar-refractivity contribution in [2.24, 2.45) is 11.1 Å². The van der Waals surface area contributed by atoms with Crippen molar-refractivity contribution in [1.82, 2.24) is 0 Å². The zero-order valence-electron chi connectivity index (χ0n) is 11.0. The van der Waals surface area contributed by atoms with E-state index in [4.69, 9.17) is 5.73 Å². The minimum Gasteiger partial charge on any atom is -0.329 e. The van der Waals surface area contributed by atoms with Crippen LogP contribution in [-0.2, 0) is 11.2 Å². The molecule has 0 aliphatic heterocycles. The fraction of sp³-hybridized carbons (Fsp3) is 0.533. The lowest BCUT2D eigenvalue weighted by molar-refractivity contribution is -0.123. The molecule has 0 spiro atoms. The maximum absolute atomic E-state index is 12.2. The van der Waals surface area contributed by atoms with Gasteiger partial charge in [0.05, 0.1) is 0 Å². The third kappa shape index (κ3) is 2.27. The molecule has 1 aliphatic rings. The fourth-order valence-electron chi connectivity index (χ4n) is 2.58. The molecule has 2 heteroatoms. The molecule has 0 heterocycles. The maximum Gasteiger partial charge on any atom is 0.144 e. The normalized spacial score (nSPS) is 16.9. The monoisotopic (exact) mass is 231 g/mol. The molecule has 1 aliphatic carbocycles. The standard InChI is InChI=1S/C15H21NO/c1-10-6-11(2)13(12(3)7-10)8-14(17)15(9-16)4-5-15/h6-7H,4-5,8-9,16H2,1-3H3. The van der Waals surface area contributed by atoms with Gasteiger partial charge in [-0.1, -0.05) is 17.7 Å². The van der Waals surface area contributed by atoms with Crippen molar-refractivity contribution in [3.8, 4) is 0 Å². The van der Waals surface area contributed by atoms with Gasteiger partial charge in [-0.25, -0.2) is 0 Å². The van der Waals surface area contributed by atoms with Crippen molar-refractivity contribution >= 4 is 5.78 Å². The van der Waals surface area contributed by atoms with Gasteiger partial charge < -0.3 is 5.73 Å². The molecule has 0 aromatic heterocycles. The summed E-state index contributed by atoms with van der Waals surface area (Å²) in [6.07, 6.45) is 2.51. The molecular weight excluding hydrogens is 210 g/mol. The van der Waals surface area contributed by atoms with Crippen molar-refractivity contribution in [2.45, 2.75) is 40.0 Å². The van der Waals surface area contributed by atoms with E-state index in [2.05, 4.69) is 32.9 Å². The van der Waals surface area contributed by atoms with Crippen LogP contribution in [-0.4, -0.2) is 12.3 Å². The van der Waals surface area contributed by atoms with Gasteiger partial charge in [-0.15, -0.1) is 0 Å². The molecule has 0 bridgehead atoms. The highest BCUT2D eigenvalue weighted by Crippen LogP contribution is 2.46. The fourth-order valence-corrected chi connectivity index (χ4v) is 2.58. The Morgan fingerprint density at radius 1 is 1.24 bits per heavy atom. The summed E-state index contributed by atoms with van der Waals surface area (Å²) in [4.78, 5) is 12.2. The molecular formula is C15H21NO. The van der Waals surface area contributed by atoms with Gasteiger partial charge in [-0.3, -0.25) is 4.79 Å². The topological polar surface area (TPSA) is 43.1 Å². The van der Waals surface area contributed by atoms with Crippen LogP contribution in [0.25, 0.3) is 0 Å². The molecule has 1 aromatic rings. The van der Waals surface area contributed by atoms with E-state index in [0.29, 0.717) is 18.7 Å². The molecule has 92 valence electrons. The van der Waals surface area contributed by atoms with Crippen molar-refractivity contribution in [3.05, 3.63) is 34.4 Å². The average Bonchev–Trinajstić information content (AvgIpc) is 3.03. The number of carbonyl (C=O) groups excluding carboxylic acids is 1. The first-order valence-corrected chi connectivity index (χ1v) is 6.28. The Morgan fingerprint density at radius 2 is 1.76 bits per heavy atom. The Bertz CT molecular complexity index is 435. The summed E-state index contributed by atoms with van der Waals surface area (Å²) in [5, 5.41) is 0. The molecule has 1 aromatic carbocycles. The Labute approximate surface area is 103 Å². The first-order valence-electron chi connectivity index (χ1n) is 6.28. The molecule has 2 rings (SSSR count). The summed E-state index contributed by atoms with van der Waals surface area (Å²) in [5.41, 5.74) is 10.4. The summed E-state index contributed by atoms with van der Waals surface area (Å²) in [7, 11) is 0. The zero-order chi connectivity index (χ0) is 12.6. The molecule has 1 fully saturated rings. The summed E-state index contributed by atoms with van der Waals surface area (Å²) < 4.78 is 0. The van der Waals surface area contributed by atoms with Crippen molar-refractivity contribution in [3.63, 3.8) is 0 Å². The van der Waals surface area contributed by atoms with Crippen molar-refractivity contribution in [1.29, 1.82) is 0 Å². The number of carbonyl (C=O) groups is 1. The number of Topliss-reactive ketones (excluding diaryl/α,β-unsaturated/α-hetero) is 1. The van der Waals surface area contributed by atoms with E-state index >= 15 is 0 Å². The Kier molecular flexibility index (Phi) is 3.09. The third-order valence-corrected chi connectivity index (χ3v) is 4.01. The van der Waals surface area contributed by atoms with Crippen LogP contribution < -0.4 is 5.73 Å². The van der Waals surface area contributed by atoms with Gasteiger partial charge in [0, 0.05) is 18.4 Å². The second-order valence-electron chi connectivity index (χ2n) is 5.46. The highest BCUT2D eigenvalue weighted by Gasteiger charge is 2.47. The molecule has 0 saturated heterocycles. The summed E-state index contributed by atoms with van der Waals surface area (Å²) in [5.74, 6) is 0.329. The smallest absolute Gasteiger partial charge is 0.144 e. The predicted molar refractivity (Wildman–Crippen MR) is 70.1 cm³/mol. The summed E-state index contributed by atoms with van der Waals surface area (Å²) in [6.45, 7) is 6.78. The van der Waals surface area contributed by atoms with Crippen molar-refractivity contribution < 1.29 is 4.79 Å². The van der Waals surface area contributed by atoms with Crippen LogP contribution in [0, 0.1) is 26.2 Å². The van der Waals surface area contributed by atoms with E-state index in [1.54, 1.807) is 0 Å². The van der Waals surface area contributed by atoms with Crippen LogP contribution in [0.5, 0.6) is 0 Å². The second kappa shape index (κ2) is 4.26. The van der Waals surface area contributed by atoms with Crippen LogP contribution in [0.2, 0.25) is 0 Å². The number of ketones is 1. The molecule has 0 unspecified atom stereocenters. The zero-order valence-corrected chi connectivity index (χ0v) is 11.0. The van der Waals surface area contributed by atoms with E-state index in [9.17, 15) is 4.79 Å². The van der Waals surface area contributed by atoms with Gasteiger partial charge in [0.2, 0.25) is 0 Å². The highest BCUT2D eigenvalue weighted by molar-refractivity contribution is 5.89. The van der Waals surface area contributed by atoms with Gasteiger partial charge in [-0.2, -0.15) is 0 Å². The molecule has 2 nitrogen and oxygen atoms in total. The Hall–Kier alpha value is -1.15. The van der Waals surface area contributed by atoms with Crippen molar-refractivity contribution in [2.75, 3.05) is 6.54 Å². The first-order chi connectivity index (χ1) is 7.98. The number of hydrogen-bond donors (Lipinski definition) is 1. The van der Waals surface area contributed by atoms with Gasteiger partial charge in [-0.05, 0) is 50.3 Å². The quantitative estimate of drug-likeness (QED) is 0.865.